The Morgan fingerprint density at radius 1 is 1.29 bits per heavy atom. The highest BCUT2D eigenvalue weighted by atomic mass is 19.4. The first-order valence-electron chi connectivity index (χ1n) is 4.65. The average Bonchev–Trinajstić information content (AvgIpc) is 1.98. The van der Waals surface area contributed by atoms with Gasteiger partial charge in [0.05, 0.1) is 5.60 Å². The molecule has 0 heterocycles. The van der Waals surface area contributed by atoms with Crippen LogP contribution in [0.3, 0.4) is 0 Å². The van der Waals surface area contributed by atoms with Crippen molar-refractivity contribution in [3.8, 4) is 0 Å². The Labute approximate surface area is 82.9 Å². The molecule has 1 atom stereocenters. The van der Waals surface area contributed by atoms with Crippen molar-refractivity contribution in [1.82, 2.24) is 0 Å². The Morgan fingerprint density at radius 3 is 2.07 bits per heavy atom. The first-order valence-corrected chi connectivity index (χ1v) is 4.65. The van der Waals surface area contributed by atoms with E-state index in [-0.39, 0.29) is 12.3 Å². The summed E-state index contributed by atoms with van der Waals surface area (Å²) < 4.78 is 40.1. The number of ether oxygens (including phenoxy) is 1. The zero-order valence-corrected chi connectivity index (χ0v) is 8.98. The molecule has 0 amide bonds. The summed E-state index contributed by atoms with van der Waals surface area (Å²) >= 11 is 0. The number of allylic oxidation sites excluding steroid dienone is 1. The zero-order chi connectivity index (χ0) is 11.4. The molecule has 0 spiro atoms. The second-order valence-electron chi connectivity index (χ2n) is 3.82. The third-order valence-electron chi connectivity index (χ3n) is 1.88. The minimum Gasteiger partial charge on any atom is -0.281 e. The monoisotopic (exact) mass is 210 g/mol. The van der Waals surface area contributed by atoms with Crippen molar-refractivity contribution in [3.63, 3.8) is 0 Å². The van der Waals surface area contributed by atoms with Gasteiger partial charge >= 0.3 is 6.36 Å². The molecule has 0 aromatic rings. The van der Waals surface area contributed by atoms with Gasteiger partial charge in [-0.05, 0) is 19.3 Å². The highest BCUT2D eigenvalue weighted by Gasteiger charge is 2.38. The molecule has 0 rings (SSSR count). The normalized spacial score (nSPS) is 17.7. The van der Waals surface area contributed by atoms with Gasteiger partial charge in [0.2, 0.25) is 0 Å². The molecular formula is C10H17F3O. The minimum absolute atomic E-state index is 0.220. The molecule has 0 aromatic heterocycles. The molecule has 4 heteroatoms. The Hall–Kier alpha value is -0.510. The van der Waals surface area contributed by atoms with Gasteiger partial charge in [-0.2, -0.15) is 0 Å². The fraction of sp³-hybridized carbons (Fsp3) is 0.800. The molecular weight excluding hydrogens is 193 g/mol. The topological polar surface area (TPSA) is 9.23 Å². The van der Waals surface area contributed by atoms with Crippen LogP contribution in [0.25, 0.3) is 0 Å². The van der Waals surface area contributed by atoms with Crippen LogP contribution in [0.4, 0.5) is 13.2 Å². The SMILES string of the molecule is CC[C@@](C)(/C=C\C(C)C)OC(F)(F)F. The molecule has 84 valence electrons. The van der Waals surface area contributed by atoms with E-state index < -0.39 is 12.0 Å². The van der Waals surface area contributed by atoms with Crippen LogP contribution in [-0.2, 0) is 4.74 Å². The van der Waals surface area contributed by atoms with Crippen LogP contribution in [-0.4, -0.2) is 12.0 Å². The zero-order valence-electron chi connectivity index (χ0n) is 8.98. The summed E-state index contributed by atoms with van der Waals surface area (Å²) in [7, 11) is 0. The lowest BCUT2D eigenvalue weighted by atomic mass is 10.0. The van der Waals surface area contributed by atoms with Gasteiger partial charge in [-0.3, -0.25) is 4.74 Å². The fourth-order valence-electron chi connectivity index (χ4n) is 0.884. The van der Waals surface area contributed by atoms with Crippen molar-refractivity contribution < 1.29 is 17.9 Å². The predicted molar refractivity (Wildman–Crippen MR) is 49.8 cm³/mol. The van der Waals surface area contributed by atoms with Gasteiger partial charge in [0.1, 0.15) is 0 Å². The van der Waals surface area contributed by atoms with E-state index in [1.807, 2.05) is 13.8 Å². The average molecular weight is 210 g/mol. The van der Waals surface area contributed by atoms with E-state index in [9.17, 15) is 13.2 Å². The van der Waals surface area contributed by atoms with Crippen molar-refractivity contribution in [2.75, 3.05) is 0 Å². The third kappa shape index (κ3) is 6.02. The number of alkyl halides is 3. The van der Waals surface area contributed by atoms with Crippen molar-refractivity contribution in [2.24, 2.45) is 5.92 Å². The number of rotatable bonds is 4. The summed E-state index contributed by atoms with van der Waals surface area (Å²) in [6, 6.07) is 0. The summed E-state index contributed by atoms with van der Waals surface area (Å²) in [6.07, 6.45) is -1.10. The molecule has 14 heavy (non-hydrogen) atoms. The summed E-state index contributed by atoms with van der Waals surface area (Å²) in [4.78, 5) is 0. The first-order chi connectivity index (χ1) is 6.18. The Kier molecular flexibility index (Phi) is 4.65. The van der Waals surface area contributed by atoms with Crippen LogP contribution < -0.4 is 0 Å². The van der Waals surface area contributed by atoms with Crippen LogP contribution in [0.15, 0.2) is 12.2 Å². The van der Waals surface area contributed by atoms with Crippen molar-refractivity contribution >= 4 is 0 Å². The lowest BCUT2D eigenvalue weighted by Crippen LogP contribution is -2.32. The highest BCUT2D eigenvalue weighted by molar-refractivity contribution is 5.00. The van der Waals surface area contributed by atoms with E-state index in [0.717, 1.165) is 0 Å². The molecule has 0 radical (unpaired) electrons. The Morgan fingerprint density at radius 2 is 1.79 bits per heavy atom. The second kappa shape index (κ2) is 4.82. The van der Waals surface area contributed by atoms with E-state index in [1.165, 1.54) is 13.0 Å². The van der Waals surface area contributed by atoms with Gasteiger partial charge in [-0.15, -0.1) is 13.2 Å². The number of halogens is 3. The minimum atomic E-state index is -4.58. The van der Waals surface area contributed by atoms with Crippen LogP contribution in [0.5, 0.6) is 0 Å². The third-order valence-corrected chi connectivity index (χ3v) is 1.88. The van der Waals surface area contributed by atoms with E-state index in [4.69, 9.17) is 0 Å². The van der Waals surface area contributed by atoms with E-state index >= 15 is 0 Å². The molecule has 0 aliphatic heterocycles. The lowest BCUT2D eigenvalue weighted by Gasteiger charge is -2.26. The molecule has 0 unspecified atom stereocenters. The maximum atomic E-state index is 12.0. The summed E-state index contributed by atoms with van der Waals surface area (Å²) in [5, 5.41) is 0. The van der Waals surface area contributed by atoms with Gasteiger partial charge in [0, 0.05) is 0 Å². The van der Waals surface area contributed by atoms with Crippen molar-refractivity contribution in [1.29, 1.82) is 0 Å². The van der Waals surface area contributed by atoms with Gasteiger partial charge in [-0.1, -0.05) is 32.9 Å². The van der Waals surface area contributed by atoms with Crippen LogP contribution in [0, 0.1) is 5.92 Å². The molecule has 0 N–H and O–H groups in total. The molecule has 0 fully saturated rings. The Balaban J connectivity index is 4.48. The lowest BCUT2D eigenvalue weighted by molar-refractivity contribution is -0.356. The van der Waals surface area contributed by atoms with Crippen molar-refractivity contribution in [2.45, 2.75) is 46.1 Å². The smallest absolute Gasteiger partial charge is 0.281 e. The van der Waals surface area contributed by atoms with Gasteiger partial charge < -0.3 is 0 Å². The summed E-state index contributed by atoms with van der Waals surface area (Å²) in [5.74, 6) is 0.220. The number of hydrogen-bond acceptors (Lipinski definition) is 1. The van der Waals surface area contributed by atoms with Gasteiger partial charge in [0.15, 0.2) is 0 Å². The molecule has 0 aromatic carbocycles. The molecule has 0 saturated heterocycles. The fourth-order valence-corrected chi connectivity index (χ4v) is 0.884. The predicted octanol–water partition coefficient (Wildman–Crippen LogP) is 3.90. The first kappa shape index (κ1) is 13.5. The van der Waals surface area contributed by atoms with Gasteiger partial charge in [0.25, 0.3) is 0 Å². The second-order valence-corrected chi connectivity index (χ2v) is 3.82. The van der Waals surface area contributed by atoms with E-state index in [0.29, 0.717) is 0 Å². The number of hydrogen-bond donors (Lipinski definition) is 0. The van der Waals surface area contributed by atoms with Crippen LogP contribution in [0.2, 0.25) is 0 Å². The van der Waals surface area contributed by atoms with E-state index in [2.05, 4.69) is 4.74 Å². The molecule has 0 aliphatic carbocycles. The molecule has 0 saturated carbocycles. The quantitative estimate of drug-likeness (QED) is 0.639. The van der Waals surface area contributed by atoms with Gasteiger partial charge in [-0.25, -0.2) is 0 Å². The molecule has 0 bridgehead atoms. The van der Waals surface area contributed by atoms with Crippen LogP contribution >= 0.6 is 0 Å². The summed E-state index contributed by atoms with van der Waals surface area (Å²) in [5.41, 5.74) is -1.25. The summed E-state index contributed by atoms with van der Waals surface area (Å²) in [6.45, 7) is 6.90. The largest absolute Gasteiger partial charge is 0.523 e. The van der Waals surface area contributed by atoms with Crippen molar-refractivity contribution in [3.05, 3.63) is 12.2 Å². The molecule has 1 nitrogen and oxygen atoms in total. The Bertz CT molecular complexity index is 196. The van der Waals surface area contributed by atoms with Crippen LogP contribution in [0.1, 0.15) is 34.1 Å². The van der Waals surface area contributed by atoms with E-state index in [1.54, 1.807) is 13.0 Å². The highest BCUT2D eigenvalue weighted by Crippen LogP contribution is 2.28. The standard InChI is InChI=1S/C10H17F3O/c1-5-9(4,7-6-8(2)3)14-10(11,12)13/h6-8H,5H2,1-4H3/b7-6-/t9-/m0/s1. The molecule has 0 aliphatic rings. The maximum absolute atomic E-state index is 12.0. The maximum Gasteiger partial charge on any atom is 0.523 e.